The Kier molecular flexibility index (Phi) is 9.07. The first kappa shape index (κ1) is 26.6. The lowest BCUT2D eigenvalue weighted by Crippen LogP contribution is -1.95. The smallest absolute Gasteiger partial charge is 0.363 e. The van der Waals surface area contributed by atoms with Gasteiger partial charge in [-0.1, -0.05) is 114 Å². The fraction of sp³-hybridized carbons (Fsp3) is 0. The van der Waals surface area contributed by atoms with Crippen LogP contribution >= 0.6 is 8.46 Å². The van der Waals surface area contributed by atoms with Crippen molar-refractivity contribution in [2.75, 3.05) is 0 Å². The van der Waals surface area contributed by atoms with Crippen molar-refractivity contribution < 1.29 is 14.0 Å². The van der Waals surface area contributed by atoms with Crippen LogP contribution in [-0.2, 0) is 4.57 Å². The second-order valence-corrected chi connectivity index (χ2v) is 9.52. The van der Waals surface area contributed by atoms with Crippen molar-refractivity contribution >= 4 is 13.8 Å². The van der Waals surface area contributed by atoms with Crippen molar-refractivity contribution in [2.24, 2.45) is 0 Å². The molecule has 40 heavy (non-hydrogen) atoms. The standard InChI is InChI=1S/C29H21NO2.C6H5OP/c1-4-12-22(13-5-1)26-18-10-11-19-27(26)28-20-25(31-23-14-6-2-7-15-23)21-30-29(28)32-24-16-8-3-9-17-24;7-8-6-4-2-1-3-5-6/h1-21H;1-5H/p+1. The van der Waals surface area contributed by atoms with E-state index in [1.165, 1.54) is 0 Å². The van der Waals surface area contributed by atoms with E-state index in [4.69, 9.17) is 9.47 Å². The van der Waals surface area contributed by atoms with Gasteiger partial charge in [0.2, 0.25) is 5.88 Å². The van der Waals surface area contributed by atoms with Crippen molar-refractivity contribution in [3.8, 4) is 45.4 Å². The lowest BCUT2D eigenvalue weighted by atomic mass is 9.95. The third kappa shape index (κ3) is 7.08. The van der Waals surface area contributed by atoms with Gasteiger partial charge in [0.25, 0.3) is 0 Å². The SMILES string of the molecule is O=[PH+]c1ccccc1.c1ccc(Oc2cnc(Oc3ccccc3)c(-c3ccccc3-c3ccccc3)c2)cc1. The summed E-state index contributed by atoms with van der Waals surface area (Å²) < 4.78 is 22.4. The number of aromatic nitrogens is 1. The minimum atomic E-state index is -0.320. The van der Waals surface area contributed by atoms with E-state index in [2.05, 4.69) is 29.2 Å². The molecule has 6 aromatic rings. The Hall–Kier alpha value is -5.05. The fourth-order valence-electron chi connectivity index (χ4n) is 4.08. The molecule has 0 fully saturated rings. The van der Waals surface area contributed by atoms with E-state index < -0.39 is 0 Å². The highest BCUT2D eigenvalue weighted by molar-refractivity contribution is 7.34. The van der Waals surface area contributed by atoms with Crippen LogP contribution in [0.4, 0.5) is 0 Å². The number of nitrogens with zero attached hydrogens (tertiary/aromatic N) is 1. The molecule has 0 spiro atoms. The Bertz CT molecular complexity index is 1640. The number of pyridine rings is 1. The molecule has 1 aromatic heterocycles. The summed E-state index contributed by atoms with van der Waals surface area (Å²) in [7, 11) is -0.320. The fourth-order valence-corrected chi connectivity index (χ4v) is 4.41. The van der Waals surface area contributed by atoms with Gasteiger partial charge in [-0.2, -0.15) is 0 Å². The molecule has 1 heterocycles. The summed E-state index contributed by atoms with van der Waals surface area (Å²) in [4.78, 5) is 4.63. The minimum Gasteiger partial charge on any atom is -0.456 e. The molecule has 0 aliphatic heterocycles. The van der Waals surface area contributed by atoms with E-state index in [-0.39, 0.29) is 8.46 Å². The lowest BCUT2D eigenvalue weighted by Gasteiger charge is -2.15. The third-order valence-electron chi connectivity index (χ3n) is 5.96. The Labute approximate surface area is 235 Å². The third-order valence-corrected chi connectivity index (χ3v) is 6.53. The molecule has 0 aliphatic carbocycles. The molecule has 0 bridgehead atoms. The van der Waals surface area contributed by atoms with Gasteiger partial charge in [0.15, 0.2) is 5.30 Å². The van der Waals surface area contributed by atoms with E-state index in [0.29, 0.717) is 11.6 Å². The predicted molar refractivity (Wildman–Crippen MR) is 163 cm³/mol. The molecule has 4 nitrogen and oxygen atoms in total. The van der Waals surface area contributed by atoms with Gasteiger partial charge in [-0.25, -0.2) is 4.98 Å². The van der Waals surface area contributed by atoms with Gasteiger partial charge in [0.05, 0.1) is 6.20 Å². The topological polar surface area (TPSA) is 48.4 Å². The molecule has 5 heteroatoms. The highest BCUT2D eigenvalue weighted by atomic mass is 31.1. The molecule has 1 unspecified atom stereocenters. The molecule has 0 saturated carbocycles. The van der Waals surface area contributed by atoms with E-state index in [9.17, 15) is 4.57 Å². The molecule has 194 valence electrons. The van der Waals surface area contributed by atoms with Gasteiger partial charge in [-0.05, 0) is 59.2 Å². The minimum absolute atomic E-state index is 0.320. The number of benzene rings is 5. The average molecular weight is 541 g/mol. The molecular formula is C35H27NO3P+. The van der Waals surface area contributed by atoms with Crippen LogP contribution in [0, 0.1) is 0 Å². The summed E-state index contributed by atoms with van der Waals surface area (Å²) in [6.07, 6.45) is 1.69. The van der Waals surface area contributed by atoms with Gasteiger partial charge < -0.3 is 9.47 Å². The summed E-state index contributed by atoms with van der Waals surface area (Å²) in [6.45, 7) is 0. The number of rotatable bonds is 7. The molecule has 5 aromatic carbocycles. The molecule has 0 radical (unpaired) electrons. The van der Waals surface area contributed by atoms with Gasteiger partial charge in [0.1, 0.15) is 17.2 Å². The van der Waals surface area contributed by atoms with Crippen LogP contribution in [0.5, 0.6) is 23.1 Å². The van der Waals surface area contributed by atoms with Crippen LogP contribution in [0.15, 0.2) is 158 Å². The highest BCUT2D eigenvalue weighted by Crippen LogP contribution is 2.40. The van der Waals surface area contributed by atoms with Crippen LogP contribution in [0.3, 0.4) is 0 Å². The zero-order chi connectivity index (χ0) is 27.4. The van der Waals surface area contributed by atoms with Crippen LogP contribution < -0.4 is 14.8 Å². The van der Waals surface area contributed by atoms with Crippen molar-refractivity contribution in [1.82, 2.24) is 4.98 Å². The molecule has 0 aliphatic rings. The molecule has 0 saturated heterocycles. The van der Waals surface area contributed by atoms with Crippen molar-refractivity contribution in [3.63, 3.8) is 0 Å². The van der Waals surface area contributed by atoms with Crippen LogP contribution in [-0.4, -0.2) is 4.98 Å². The Morgan fingerprint density at radius 1 is 0.475 bits per heavy atom. The first-order valence-corrected chi connectivity index (χ1v) is 13.7. The first-order valence-electron chi connectivity index (χ1n) is 12.8. The number of ether oxygens (including phenoxy) is 2. The van der Waals surface area contributed by atoms with Gasteiger partial charge in [0, 0.05) is 5.56 Å². The number of hydrogen-bond acceptors (Lipinski definition) is 4. The van der Waals surface area contributed by atoms with E-state index in [1.54, 1.807) is 6.20 Å². The zero-order valence-corrected chi connectivity index (χ0v) is 22.7. The van der Waals surface area contributed by atoms with Crippen molar-refractivity contribution in [3.05, 3.63) is 158 Å². The van der Waals surface area contributed by atoms with Crippen LogP contribution in [0.25, 0.3) is 22.3 Å². The second kappa shape index (κ2) is 13.7. The Morgan fingerprint density at radius 2 is 0.975 bits per heavy atom. The maximum atomic E-state index is 10.2. The monoisotopic (exact) mass is 540 g/mol. The normalized spacial score (nSPS) is 10.3. The number of para-hydroxylation sites is 2. The van der Waals surface area contributed by atoms with Gasteiger partial charge in [-0.3, -0.25) is 0 Å². The predicted octanol–water partition coefficient (Wildman–Crippen LogP) is 9.34. The van der Waals surface area contributed by atoms with Gasteiger partial charge in [-0.15, -0.1) is 0 Å². The first-order chi connectivity index (χ1) is 19.8. The molecular weight excluding hydrogens is 513 g/mol. The second-order valence-electron chi connectivity index (χ2n) is 8.73. The van der Waals surface area contributed by atoms with Crippen molar-refractivity contribution in [2.45, 2.75) is 0 Å². The maximum absolute atomic E-state index is 10.2. The van der Waals surface area contributed by atoms with E-state index in [0.717, 1.165) is 39.1 Å². The maximum Gasteiger partial charge on any atom is 0.363 e. The van der Waals surface area contributed by atoms with E-state index >= 15 is 0 Å². The lowest BCUT2D eigenvalue weighted by molar-refractivity contribution is 0.453. The van der Waals surface area contributed by atoms with E-state index in [1.807, 2.05) is 127 Å². The summed E-state index contributed by atoms with van der Waals surface area (Å²) in [5.74, 6) is 2.66. The highest BCUT2D eigenvalue weighted by Gasteiger charge is 2.16. The van der Waals surface area contributed by atoms with Crippen molar-refractivity contribution in [1.29, 1.82) is 0 Å². The summed E-state index contributed by atoms with van der Waals surface area (Å²) >= 11 is 0. The quantitative estimate of drug-likeness (QED) is 0.189. The molecule has 0 amide bonds. The number of hydrogen-bond donors (Lipinski definition) is 0. The Morgan fingerprint density at radius 3 is 1.55 bits per heavy atom. The Balaban J connectivity index is 0.000000348. The summed E-state index contributed by atoms with van der Waals surface area (Å²) in [6, 6.07) is 49.3. The molecule has 1 atom stereocenters. The zero-order valence-electron chi connectivity index (χ0n) is 21.7. The largest absolute Gasteiger partial charge is 0.456 e. The van der Waals surface area contributed by atoms with Crippen LogP contribution in [0.2, 0.25) is 0 Å². The average Bonchev–Trinajstić information content (AvgIpc) is 3.04. The molecule has 6 rings (SSSR count). The molecule has 0 N–H and O–H groups in total. The summed E-state index contributed by atoms with van der Waals surface area (Å²) in [5.41, 5.74) is 4.12. The van der Waals surface area contributed by atoms with Crippen LogP contribution in [0.1, 0.15) is 0 Å². The van der Waals surface area contributed by atoms with Gasteiger partial charge >= 0.3 is 8.46 Å². The summed E-state index contributed by atoms with van der Waals surface area (Å²) in [5, 5.41) is 0.882.